The first-order chi connectivity index (χ1) is 9.01. The van der Waals surface area contributed by atoms with Gasteiger partial charge in [-0.3, -0.25) is 4.79 Å². The molecule has 5 nitrogen and oxygen atoms in total. The predicted octanol–water partition coefficient (Wildman–Crippen LogP) is 2.86. The minimum atomic E-state index is -0.275. The highest BCUT2D eigenvalue weighted by atomic mass is 16.5. The molecule has 1 N–H and O–H groups in total. The van der Waals surface area contributed by atoms with E-state index >= 15 is 0 Å². The Morgan fingerprint density at radius 2 is 2.05 bits per heavy atom. The highest BCUT2D eigenvalue weighted by Crippen LogP contribution is 2.22. The zero-order valence-corrected chi connectivity index (χ0v) is 11.4. The fourth-order valence-electron chi connectivity index (χ4n) is 1.82. The van der Waals surface area contributed by atoms with Gasteiger partial charge in [-0.2, -0.15) is 0 Å². The molecule has 0 atom stereocenters. The van der Waals surface area contributed by atoms with Crippen LogP contribution >= 0.6 is 0 Å². The Labute approximate surface area is 111 Å². The third-order valence-electron chi connectivity index (χ3n) is 2.80. The van der Waals surface area contributed by atoms with Gasteiger partial charge in [-0.15, -0.1) is 0 Å². The van der Waals surface area contributed by atoms with Gasteiger partial charge in [-0.25, -0.2) is 4.98 Å². The largest absolute Gasteiger partial charge is 0.497 e. The van der Waals surface area contributed by atoms with Crippen LogP contribution in [0.25, 0.3) is 0 Å². The fourth-order valence-corrected chi connectivity index (χ4v) is 1.82. The highest BCUT2D eigenvalue weighted by Gasteiger charge is 2.16. The molecular formula is C14H16N2O3. The summed E-state index contributed by atoms with van der Waals surface area (Å²) >= 11 is 0. The van der Waals surface area contributed by atoms with Crippen LogP contribution in [-0.4, -0.2) is 18.0 Å². The van der Waals surface area contributed by atoms with Gasteiger partial charge < -0.3 is 14.5 Å². The molecule has 0 fully saturated rings. The number of nitrogens with one attached hydrogen (secondary N) is 1. The molecule has 0 aliphatic rings. The van der Waals surface area contributed by atoms with Gasteiger partial charge in [-0.05, 0) is 37.6 Å². The molecule has 0 aliphatic heterocycles. The standard InChI is InChI=1S/C14H16N2O3/c1-8-7-11(18-4)5-6-12(8)16-14(17)13-9(2)19-10(3)15-13/h5-7H,1-4H3,(H,16,17). The van der Waals surface area contributed by atoms with Crippen LogP contribution in [0.15, 0.2) is 22.6 Å². The Kier molecular flexibility index (Phi) is 3.55. The quantitative estimate of drug-likeness (QED) is 0.921. The summed E-state index contributed by atoms with van der Waals surface area (Å²) in [6.45, 7) is 5.33. The van der Waals surface area contributed by atoms with E-state index in [4.69, 9.17) is 9.15 Å². The maximum absolute atomic E-state index is 12.1. The van der Waals surface area contributed by atoms with Crippen LogP contribution in [0.2, 0.25) is 0 Å². The van der Waals surface area contributed by atoms with Gasteiger partial charge in [0, 0.05) is 12.6 Å². The number of carbonyl (C=O) groups excluding carboxylic acids is 1. The van der Waals surface area contributed by atoms with Crippen LogP contribution < -0.4 is 10.1 Å². The average molecular weight is 260 g/mol. The van der Waals surface area contributed by atoms with E-state index in [-0.39, 0.29) is 5.91 Å². The molecule has 19 heavy (non-hydrogen) atoms. The lowest BCUT2D eigenvalue weighted by molar-refractivity contribution is 0.102. The summed E-state index contributed by atoms with van der Waals surface area (Å²) in [5.41, 5.74) is 1.96. The molecule has 0 spiro atoms. The molecule has 0 saturated carbocycles. The molecule has 0 radical (unpaired) electrons. The van der Waals surface area contributed by atoms with Gasteiger partial charge >= 0.3 is 0 Å². The van der Waals surface area contributed by atoms with Crippen LogP contribution in [0.5, 0.6) is 5.75 Å². The van der Waals surface area contributed by atoms with Gasteiger partial charge in [0.05, 0.1) is 7.11 Å². The van der Waals surface area contributed by atoms with Crippen LogP contribution in [0.3, 0.4) is 0 Å². The van der Waals surface area contributed by atoms with Crippen molar-refractivity contribution in [3.63, 3.8) is 0 Å². The number of hydrogen-bond donors (Lipinski definition) is 1. The van der Waals surface area contributed by atoms with Gasteiger partial charge in [0.25, 0.3) is 5.91 Å². The van der Waals surface area contributed by atoms with E-state index in [1.807, 2.05) is 13.0 Å². The first-order valence-electron chi connectivity index (χ1n) is 5.91. The Balaban J connectivity index is 2.22. The normalized spacial score (nSPS) is 10.3. The van der Waals surface area contributed by atoms with Crippen LogP contribution in [0, 0.1) is 20.8 Å². The number of carbonyl (C=O) groups is 1. The number of aryl methyl sites for hydroxylation is 3. The molecule has 0 unspecified atom stereocenters. The number of amides is 1. The van der Waals surface area contributed by atoms with Gasteiger partial charge in [0.2, 0.25) is 0 Å². The third-order valence-corrected chi connectivity index (χ3v) is 2.80. The van der Waals surface area contributed by atoms with Crippen molar-refractivity contribution in [2.45, 2.75) is 20.8 Å². The molecule has 2 aromatic rings. The Morgan fingerprint density at radius 3 is 2.58 bits per heavy atom. The van der Waals surface area contributed by atoms with Crippen molar-refractivity contribution >= 4 is 11.6 Å². The monoisotopic (exact) mass is 260 g/mol. The summed E-state index contributed by atoms with van der Waals surface area (Å²) in [7, 11) is 1.61. The molecule has 1 aromatic carbocycles. The van der Waals surface area contributed by atoms with Crippen molar-refractivity contribution in [3.8, 4) is 5.75 Å². The summed E-state index contributed by atoms with van der Waals surface area (Å²) < 4.78 is 10.4. The van der Waals surface area contributed by atoms with E-state index in [0.29, 0.717) is 17.3 Å². The molecule has 2 rings (SSSR count). The highest BCUT2D eigenvalue weighted by molar-refractivity contribution is 6.03. The Bertz CT molecular complexity index is 617. The molecular weight excluding hydrogens is 244 g/mol. The molecule has 1 aromatic heterocycles. The van der Waals surface area contributed by atoms with Crippen molar-refractivity contribution in [1.82, 2.24) is 4.98 Å². The van der Waals surface area contributed by atoms with Gasteiger partial charge in [0.1, 0.15) is 11.5 Å². The second kappa shape index (κ2) is 5.14. The number of benzene rings is 1. The number of oxazole rings is 1. The van der Waals surface area contributed by atoms with Crippen molar-refractivity contribution in [2.75, 3.05) is 12.4 Å². The van der Waals surface area contributed by atoms with E-state index in [9.17, 15) is 4.79 Å². The molecule has 1 heterocycles. The van der Waals surface area contributed by atoms with Crippen molar-refractivity contribution < 1.29 is 13.9 Å². The number of methoxy groups -OCH3 is 1. The molecule has 5 heteroatoms. The van der Waals surface area contributed by atoms with Crippen LogP contribution in [-0.2, 0) is 0 Å². The van der Waals surface area contributed by atoms with E-state index in [1.54, 1.807) is 33.1 Å². The van der Waals surface area contributed by atoms with Crippen molar-refractivity contribution in [2.24, 2.45) is 0 Å². The predicted molar refractivity (Wildman–Crippen MR) is 71.7 cm³/mol. The topological polar surface area (TPSA) is 64.4 Å². The maximum Gasteiger partial charge on any atom is 0.277 e. The number of rotatable bonds is 3. The average Bonchev–Trinajstić information content (AvgIpc) is 2.71. The van der Waals surface area contributed by atoms with Crippen LogP contribution in [0.4, 0.5) is 5.69 Å². The van der Waals surface area contributed by atoms with Crippen molar-refractivity contribution in [3.05, 3.63) is 41.1 Å². The fraction of sp³-hybridized carbons (Fsp3) is 0.286. The molecule has 0 saturated heterocycles. The summed E-state index contributed by atoms with van der Waals surface area (Å²) in [6, 6.07) is 5.45. The number of aromatic nitrogens is 1. The zero-order valence-electron chi connectivity index (χ0n) is 11.4. The minimum absolute atomic E-state index is 0.275. The second-order valence-corrected chi connectivity index (χ2v) is 4.27. The van der Waals surface area contributed by atoms with Crippen molar-refractivity contribution in [1.29, 1.82) is 0 Å². The second-order valence-electron chi connectivity index (χ2n) is 4.27. The number of ether oxygens (including phenoxy) is 1. The number of anilines is 1. The lowest BCUT2D eigenvalue weighted by Gasteiger charge is -2.08. The summed E-state index contributed by atoms with van der Waals surface area (Å²) in [6.07, 6.45) is 0. The molecule has 0 bridgehead atoms. The number of hydrogen-bond acceptors (Lipinski definition) is 4. The smallest absolute Gasteiger partial charge is 0.277 e. The Morgan fingerprint density at radius 1 is 1.32 bits per heavy atom. The van der Waals surface area contributed by atoms with Gasteiger partial charge in [0.15, 0.2) is 11.6 Å². The summed E-state index contributed by atoms with van der Waals surface area (Å²) in [5.74, 6) is 1.47. The summed E-state index contributed by atoms with van der Waals surface area (Å²) in [4.78, 5) is 16.2. The Hall–Kier alpha value is -2.30. The third kappa shape index (κ3) is 2.76. The number of nitrogens with zero attached hydrogens (tertiary/aromatic N) is 1. The lowest BCUT2D eigenvalue weighted by atomic mass is 10.2. The first-order valence-corrected chi connectivity index (χ1v) is 5.91. The molecule has 1 amide bonds. The van der Waals surface area contributed by atoms with E-state index in [1.165, 1.54) is 0 Å². The zero-order chi connectivity index (χ0) is 14.0. The summed E-state index contributed by atoms with van der Waals surface area (Å²) in [5, 5.41) is 2.81. The first kappa shape index (κ1) is 13.1. The molecule has 0 aliphatic carbocycles. The maximum atomic E-state index is 12.1. The van der Waals surface area contributed by atoms with E-state index in [2.05, 4.69) is 10.3 Å². The SMILES string of the molecule is COc1ccc(NC(=O)c2nc(C)oc2C)c(C)c1. The van der Waals surface area contributed by atoms with E-state index < -0.39 is 0 Å². The molecule has 100 valence electrons. The van der Waals surface area contributed by atoms with Crippen LogP contribution in [0.1, 0.15) is 27.7 Å². The van der Waals surface area contributed by atoms with Gasteiger partial charge in [-0.1, -0.05) is 0 Å². The lowest BCUT2D eigenvalue weighted by Crippen LogP contribution is -2.14. The minimum Gasteiger partial charge on any atom is -0.497 e. The van der Waals surface area contributed by atoms with E-state index in [0.717, 1.165) is 17.0 Å².